The molecule has 10 heavy (non-hydrogen) atoms. The molecule has 0 radical (unpaired) electrons. The number of hydrogen-bond donors (Lipinski definition) is 0. The molecule has 0 aromatic heterocycles. The van der Waals surface area contributed by atoms with Crippen LogP contribution in [0.3, 0.4) is 0 Å². The Kier molecular flexibility index (Phi) is 4.94. The predicted molar refractivity (Wildman–Crippen MR) is 37.0 cm³/mol. The van der Waals surface area contributed by atoms with Crippen LogP contribution in [0.15, 0.2) is 0 Å². The van der Waals surface area contributed by atoms with Crippen molar-refractivity contribution in [3.63, 3.8) is 0 Å². The van der Waals surface area contributed by atoms with Gasteiger partial charge >= 0.3 is 5.97 Å². The highest BCUT2D eigenvalue weighted by atomic mass is 35.5. The molecule has 0 atom stereocenters. The van der Waals surface area contributed by atoms with Crippen molar-refractivity contribution < 1.29 is 14.3 Å². The van der Waals surface area contributed by atoms with Gasteiger partial charge in [0.1, 0.15) is 0 Å². The predicted octanol–water partition coefficient (Wildman–Crippen LogP) is 0.748. The lowest BCUT2D eigenvalue weighted by Crippen LogP contribution is -2.17. The highest BCUT2D eigenvalue weighted by Gasteiger charge is 2.12. The Labute approximate surface area is 64.3 Å². The van der Waals surface area contributed by atoms with E-state index in [-0.39, 0.29) is 18.9 Å². The van der Waals surface area contributed by atoms with E-state index in [0.29, 0.717) is 0 Å². The van der Waals surface area contributed by atoms with E-state index in [1.807, 2.05) is 0 Å². The van der Waals surface area contributed by atoms with Crippen molar-refractivity contribution >= 4 is 23.4 Å². The van der Waals surface area contributed by atoms with Gasteiger partial charge in [-0.2, -0.15) is 0 Å². The third-order valence-electron chi connectivity index (χ3n) is 0.825. The molecule has 0 N–H and O–H groups in total. The number of ketones is 1. The molecule has 0 amide bonds. The van der Waals surface area contributed by atoms with Crippen LogP contribution in [-0.4, -0.2) is 24.2 Å². The fourth-order valence-electron chi connectivity index (χ4n) is 0.399. The molecular formula is C6H9ClO3. The number of alkyl halides is 1. The molecule has 0 aromatic carbocycles. The monoisotopic (exact) mass is 164 g/mol. The number of hydrogen-bond acceptors (Lipinski definition) is 3. The molecule has 0 unspecified atom stereocenters. The Morgan fingerprint density at radius 3 is 2.50 bits per heavy atom. The molecule has 0 saturated heterocycles. The van der Waals surface area contributed by atoms with Gasteiger partial charge in [-0.1, -0.05) is 0 Å². The van der Waals surface area contributed by atoms with Gasteiger partial charge in [-0.05, 0) is 6.92 Å². The van der Waals surface area contributed by atoms with Crippen LogP contribution in [-0.2, 0) is 14.3 Å². The third-order valence-corrected chi connectivity index (χ3v) is 1.01. The molecule has 0 spiro atoms. The average molecular weight is 165 g/mol. The number of halogens is 1. The highest BCUT2D eigenvalue weighted by Crippen LogP contribution is 1.89. The summed E-state index contributed by atoms with van der Waals surface area (Å²) in [6.45, 7) is 1.87. The zero-order valence-electron chi connectivity index (χ0n) is 5.72. The second-order valence-electron chi connectivity index (χ2n) is 1.58. The zero-order valence-corrected chi connectivity index (χ0v) is 6.48. The summed E-state index contributed by atoms with van der Waals surface area (Å²) in [4.78, 5) is 21.1. The molecule has 0 saturated carbocycles. The molecule has 0 aliphatic heterocycles. The van der Waals surface area contributed by atoms with Gasteiger partial charge < -0.3 is 4.74 Å². The van der Waals surface area contributed by atoms with Crippen molar-refractivity contribution in [2.75, 3.05) is 12.5 Å². The second-order valence-corrected chi connectivity index (χ2v) is 1.96. The lowest BCUT2D eigenvalue weighted by Gasteiger charge is -1.96. The number of carbonyl (C=O) groups excluding carboxylic acids is 2. The van der Waals surface area contributed by atoms with Gasteiger partial charge in [0.25, 0.3) is 0 Å². The van der Waals surface area contributed by atoms with Crippen LogP contribution >= 0.6 is 11.6 Å². The first kappa shape index (κ1) is 9.43. The summed E-state index contributed by atoms with van der Waals surface area (Å²) in [7, 11) is 0. The molecule has 0 aliphatic rings. The van der Waals surface area contributed by atoms with E-state index in [1.54, 1.807) is 6.92 Å². The minimum absolute atomic E-state index is 0.0559. The van der Waals surface area contributed by atoms with Crippen LogP contribution < -0.4 is 0 Å². The van der Waals surface area contributed by atoms with Gasteiger partial charge in [-0.25, -0.2) is 4.79 Å². The minimum atomic E-state index is -0.789. The number of ether oxygens (including phenoxy) is 1. The molecule has 0 aromatic rings. The summed E-state index contributed by atoms with van der Waals surface area (Å²) in [6, 6.07) is 0. The fraction of sp³-hybridized carbons (Fsp3) is 0.667. The van der Waals surface area contributed by atoms with Crippen molar-refractivity contribution in [3.8, 4) is 0 Å². The quantitative estimate of drug-likeness (QED) is 0.350. The van der Waals surface area contributed by atoms with Crippen molar-refractivity contribution in [2.24, 2.45) is 0 Å². The van der Waals surface area contributed by atoms with E-state index >= 15 is 0 Å². The van der Waals surface area contributed by atoms with Gasteiger partial charge in [0, 0.05) is 12.3 Å². The van der Waals surface area contributed by atoms with Crippen LogP contribution in [0, 0.1) is 0 Å². The molecule has 0 fully saturated rings. The summed E-state index contributed by atoms with van der Waals surface area (Å²) in [6.07, 6.45) is 0.0559. The van der Waals surface area contributed by atoms with E-state index < -0.39 is 11.8 Å². The van der Waals surface area contributed by atoms with Gasteiger partial charge in [-0.3, -0.25) is 4.79 Å². The largest absolute Gasteiger partial charge is 0.460 e. The Morgan fingerprint density at radius 2 is 2.10 bits per heavy atom. The SMILES string of the molecule is CCOC(=O)C(=O)CCCl. The van der Waals surface area contributed by atoms with Crippen molar-refractivity contribution in [1.29, 1.82) is 0 Å². The molecular weight excluding hydrogens is 156 g/mol. The van der Waals surface area contributed by atoms with Crippen LogP contribution in [0.5, 0.6) is 0 Å². The second kappa shape index (κ2) is 5.23. The molecule has 0 bridgehead atoms. The lowest BCUT2D eigenvalue weighted by atomic mass is 10.3. The van der Waals surface area contributed by atoms with Crippen LogP contribution in [0.1, 0.15) is 13.3 Å². The summed E-state index contributed by atoms with van der Waals surface area (Å²) < 4.78 is 4.41. The maximum Gasteiger partial charge on any atom is 0.374 e. The van der Waals surface area contributed by atoms with E-state index in [4.69, 9.17) is 11.6 Å². The van der Waals surface area contributed by atoms with Crippen LogP contribution in [0.4, 0.5) is 0 Å². The van der Waals surface area contributed by atoms with Gasteiger partial charge in [-0.15, -0.1) is 11.6 Å². The van der Waals surface area contributed by atoms with Gasteiger partial charge in [0.05, 0.1) is 6.61 Å². The van der Waals surface area contributed by atoms with Crippen molar-refractivity contribution in [1.82, 2.24) is 0 Å². The van der Waals surface area contributed by atoms with E-state index in [1.165, 1.54) is 0 Å². The van der Waals surface area contributed by atoms with Crippen molar-refractivity contribution in [3.05, 3.63) is 0 Å². The molecule has 4 heteroatoms. The topological polar surface area (TPSA) is 43.4 Å². The van der Waals surface area contributed by atoms with Crippen LogP contribution in [0.2, 0.25) is 0 Å². The normalized spacial score (nSPS) is 9.00. The maximum atomic E-state index is 10.6. The van der Waals surface area contributed by atoms with E-state index in [0.717, 1.165) is 0 Å². The highest BCUT2D eigenvalue weighted by molar-refractivity contribution is 6.35. The average Bonchev–Trinajstić information content (AvgIpc) is 1.89. The summed E-state index contributed by atoms with van der Waals surface area (Å²) in [5.41, 5.74) is 0. The van der Waals surface area contributed by atoms with Gasteiger partial charge in [0.15, 0.2) is 0 Å². The summed E-state index contributed by atoms with van der Waals surface area (Å²) in [5.74, 6) is -1.18. The fourth-order valence-corrected chi connectivity index (χ4v) is 0.571. The summed E-state index contributed by atoms with van der Waals surface area (Å²) >= 11 is 5.21. The van der Waals surface area contributed by atoms with E-state index in [9.17, 15) is 9.59 Å². The Morgan fingerprint density at radius 1 is 1.50 bits per heavy atom. The molecule has 0 aliphatic carbocycles. The first-order valence-electron chi connectivity index (χ1n) is 2.98. The zero-order chi connectivity index (χ0) is 7.98. The number of carbonyl (C=O) groups is 2. The first-order chi connectivity index (χ1) is 4.72. The molecule has 3 nitrogen and oxygen atoms in total. The number of rotatable bonds is 4. The smallest absolute Gasteiger partial charge is 0.374 e. The Bertz CT molecular complexity index is 117. The van der Waals surface area contributed by atoms with E-state index in [2.05, 4.69) is 4.74 Å². The molecule has 0 heterocycles. The molecule has 0 rings (SSSR count). The molecule has 58 valence electrons. The standard InChI is InChI=1S/C6H9ClO3/c1-2-10-6(9)5(8)3-4-7/h2-4H2,1H3. The summed E-state index contributed by atoms with van der Waals surface area (Å²) in [5, 5.41) is 0. The van der Waals surface area contributed by atoms with Crippen LogP contribution in [0.25, 0.3) is 0 Å². The lowest BCUT2D eigenvalue weighted by molar-refractivity contribution is -0.153. The minimum Gasteiger partial charge on any atom is -0.460 e. The third kappa shape index (κ3) is 3.45. The van der Waals surface area contributed by atoms with Crippen molar-refractivity contribution in [2.45, 2.75) is 13.3 Å². The number of esters is 1. The Hall–Kier alpha value is -0.570. The number of Topliss-reactive ketones (excluding diaryl/α,β-unsaturated/α-hetero) is 1. The maximum absolute atomic E-state index is 10.6. The van der Waals surface area contributed by atoms with Gasteiger partial charge in [0.2, 0.25) is 5.78 Å². The first-order valence-corrected chi connectivity index (χ1v) is 3.51. The Balaban J connectivity index is 3.60.